The molecule has 0 saturated carbocycles. The van der Waals surface area contributed by atoms with Gasteiger partial charge in [-0.05, 0) is 69.2 Å². The molecule has 3 nitrogen and oxygen atoms in total. The van der Waals surface area contributed by atoms with Crippen molar-refractivity contribution < 1.29 is 4.74 Å². The lowest BCUT2D eigenvalue weighted by atomic mass is 10.00. The summed E-state index contributed by atoms with van der Waals surface area (Å²) in [6.45, 7) is 8.41. The molecule has 106 valence electrons. The fourth-order valence-electron chi connectivity index (χ4n) is 2.70. The van der Waals surface area contributed by atoms with Gasteiger partial charge in [0.25, 0.3) is 0 Å². The third-order valence-electron chi connectivity index (χ3n) is 3.49. The summed E-state index contributed by atoms with van der Waals surface area (Å²) in [7, 11) is 1.68. The number of aryl methyl sites for hydroxylation is 3. The van der Waals surface area contributed by atoms with Crippen molar-refractivity contribution in [3.05, 3.63) is 52.8 Å². The minimum absolute atomic E-state index is 0.219. The molecule has 2 rings (SSSR count). The smallest absolute Gasteiger partial charge is 0.119 e. The number of anilines is 1. The number of hydrogen-bond acceptors (Lipinski definition) is 3. The molecule has 1 aromatic heterocycles. The first-order chi connectivity index (χ1) is 9.51. The lowest BCUT2D eigenvalue weighted by Crippen LogP contribution is -2.11. The number of ether oxygens (including phenoxy) is 1. The Morgan fingerprint density at radius 3 is 2.30 bits per heavy atom. The van der Waals surface area contributed by atoms with Crippen LogP contribution in [0.5, 0.6) is 5.75 Å². The highest BCUT2D eigenvalue weighted by Crippen LogP contribution is 2.25. The summed E-state index contributed by atoms with van der Waals surface area (Å²) in [4.78, 5) is 4.56. The van der Waals surface area contributed by atoms with Crippen molar-refractivity contribution in [3.63, 3.8) is 0 Å². The second-order valence-electron chi connectivity index (χ2n) is 5.17. The fourth-order valence-corrected chi connectivity index (χ4v) is 2.70. The Balaban J connectivity index is 2.21. The van der Waals surface area contributed by atoms with Gasteiger partial charge in [0, 0.05) is 17.1 Å². The highest BCUT2D eigenvalue weighted by Gasteiger charge is 2.13. The number of nitrogens with zero attached hydrogens (tertiary/aromatic N) is 1. The van der Waals surface area contributed by atoms with Gasteiger partial charge in [-0.15, -0.1) is 0 Å². The lowest BCUT2D eigenvalue weighted by Gasteiger charge is -2.20. The van der Waals surface area contributed by atoms with Gasteiger partial charge in [0.2, 0.25) is 0 Å². The third kappa shape index (κ3) is 3.10. The van der Waals surface area contributed by atoms with E-state index in [1.807, 2.05) is 31.2 Å². The predicted molar refractivity (Wildman–Crippen MR) is 83.5 cm³/mol. The Hall–Kier alpha value is -2.03. The first kappa shape index (κ1) is 14.4. The summed E-state index contributed by atoms with van der Waals surface area (Å²) >= 11 is 0. The Morgan fingerprint density at radius 2 is 1.75 bits per heavy atom. The molecule has 0 aliphatic heterocycles. The SMILES string of the molecule is COc1ccc(NC(C)c2c(C)cc(C)nc2C)cc1. The molecule has 0 bridgehead atoms. The zero-order chi connectivity index (χ0) is 14.7. The topological polar surface area (TPSA) is 34.1 Å². The first-order valence-corrected chi connectivity index (χ1v) is 6.86. The van der Waals surface area contributed by atoms with Crippen molar-refractivity contribution in [2.75, 3.05) is 12.4 Å². The minimum Gasteiger partial charge on any atom is -0.497 e. The molecule has 0 aliphatic carbocycles. The molecular formula is C17H22N2O. The molecule has 0 spiro atoms. The van der Waals surface area contributed by atoms with Crippen LogP contribution in [-0.4, -0.2) is 12.1 Å². The number of methoxy groups -OCH3 is 1. The van der Waals surface area contributed by atoms with Gasteiger partial charge in [0.1, 0.15) is 5.75 Å². The van der Waals surface area contributed by atoms with Crippen molar-refractivity contribution in [2.45, 2.75) is 33.7 Å². The van der Waals surface area contributed by atoms with Gasteiger partial charge in [-0.2, -0.15) is 0 Å². The van der Waals surface area contributed by atoms with Gasteiger partial charge >= 0.3 is 0 Å². The van der Waals surface area contributed by atoms with E-state index in [0.717, 1.165) is 22.8 Å². The van der Waals surface area contributed by atoms with E-state index in [4.69, 9.17) is 4.74 Å². The quantitative estimate of drug-likeness (QED) is 0.904. The van der Waals surface area contributed by atoms with Crippen LogP contribution in [0, 0.1) is 20.8 Å². The van der Waals surface area contributed by atoms with Crippen molar-refractivity contribution in [2.24, 2.45) is 0 Å². The average Bonchev–Trinajstić information content (AvgIpc) is 2.38. The van der Waals surface area contributed by atoms with E-state index in [1.54, 1.807) is 7.11 Å². The van der Waals surface area contributed by atoms with E-state index in [0.29, 0.717) is 0 Å². The summed E-state index contributed by atoms with van der Waals surface area (Å²) in [6.07, 6.45) is 0. The summed E-state index contributed by atoms with van der Waals surface area (Å²) in [5.74, 6) is 0.868. The van der Waals surface area contributed by atoms with E-state index in [9.17, 15) is 0 Å². The van der Waals surface area contributed by atoms with Gasteiger partial charge in [-0.1, -0.05) is 0 Å². The predicted octanol–water partition coefficient (Wildman–Crippen LogP) is 4.19. The lowest BCUT2D eigenvalue weighted by molar-refractivity contribution is 0.415. The molecule has 1 atom stereocenters. The van der Waals surface area contributed by atoms with E-state index >= 15 is 0 Å². The molecule has 1 aromatic carbocycles. The molecule has 1 unspecified atom stereocenters. The summed E-state index contributed by atoms with van der Waals surface area (Å²) in [6, 6.07) is 10.3. The van der Waals surface area contributed by atoms with Crippen LogP contribution in [0.25, 0.3) is 0 Å². The van der Waals surface area contributed by atoms with Crippen LogP contribution >= 0.6 is 0 Å². The van der Waals surface area contributed by atoms with E-state index in [2.05, 4.69) is 37.1 Å². The normalized spacial score (nSPS) is 12.1. The zero-order valence-corrected chi connectivity index (χ0v) is 12.8. The van der Waals surface area contributed by atoms with Gasteiger partial charge < -0.3 is 10.1 Å². The zero-order valence-electron chi connectivity index (χ0n) is 12.8. The molecule has 0 fully saturated rings. The summed E-state index contributed by atoms with van der Waals surface area (Å²) < 4.78 is 5.17. The number of nitrogens with one attached hydrogen (secondary N) is 1. The number of pyridine rings is 1. The molecule has 1 heterocycles. The highest BCUT2D eigenvalue weighted by atomic mass is 16.5. The molecule has 20 heavy (non-hydrogen) atoms. The number of rotatable bonds is 4. The third-order valence-corrected chi connectivity index (χ3v) is 3.49. The van der Waals surface area contributed by atoms with Crippen LogP contribution in [0.15, 0.2) is 30.3 Å². The first-order valence-electron chi connectivity index (χ1n) is 6.86. The van der Waals surface area contributed by atoms with Crippen LogP contribution in [0.4, 0.5) is 5.69 Å². The maximum atomic E-state index is 5.17. The van der Waals surface area contributed by atoms with E-state index in [-0.39, 0.29) is 6.04 Å². The molecule has 3 heteroatoms. The van der Waals surface area contributed by atoms with Crippen LogP contribution in [-0.2, 0) is 0 Å². The second-order valence-corrected chi connectivity index (χ2v) is 5.17. The molecular weight excluding hydrogens is 248 g/mol. The number of hydrogen-bond donors (Lipinski definition) is 1. The molecule has 0 aliphatic rings. The Labute approximate surface area is 121 Å². The molecule has 2 aromatic rings. The summed E-state index contributed by atoms with van der Waals surface area (Å²) in [5, 5.41) is 3.52. The summed E-state index contributed by atoms with van der Waals surface area (Å²) in [5.41, 5.74) is 5.80. The highest BCUT2D eigenvalue weighted by molar-refractivity contribution is 5.49. The minimum atomic E-state index is 0.219. The maximum absolute atomic E-state index is 5.17. The molecule has 0 saturated heterocycles. The van der Waals surface area contributed by atoms with E-state index < -0.39 is 0 Å². The van der Waals surface area contributed by atoms with Gasteiger partial charge in [0.15, 0.2) is 0 Å². The van der Waals surface area contributed by atoms with Gasteiger partial charge in [-0.25, -0.2) is 0 Å². The number of aromatic nitrogens is 1. The van der Waals surface area contributed by atoms with Crippen LogP contribution in [0.2, 0.25) is 0 Å². The Morgan fingerprint density at radius 1 is 1.10 bits per heavy atom. The maximum Gasteiger partial charge on any atom is 0.119 e. The number of benzene rings is 1. The Bertz CT molecular complexity index is 567. The van der Waals surface area contributed by atoms with Crippen molar-refractivity contribution >= 4 is 5.69 Å². The van der Waals surface area contributed by atoms with Crippen LogP contribution in [0.3, 0.4) is 0 Å². The fraction of sp³-hybridized carbons (Fsp3) is 0.353. The second kappa shape index (κ2) is 5.95. The molecule has 1 N–H and O–H groups in total. The molecule has 0 radical (unpaired) electrons. The van der Waals surface area contributed by atoms with Crippen molar-refractivity contribution in [1.29, 1.82) is 0 Å². The van der Waals surface area contributed by atoms with Crippen molar-refractivity contribution in [1.82, 2.24) is 4.98 Å². The standard InChI is InChI=1S/C17H22N2O/c1-11-10-12(2)18-13(3)17(11)14(4)19-15-6-8-16(20-5)9-7-15/h6-10,14,19H,1-5H3. The average molecular weight is 270 g/mol. The van der Waals surface area contributed by atoms with Crippen LogP contribution in [0.1, 0.15) is 35.5 Å². The Kier molecular flexibility index (Phi) is 4.28. The monoisotopic (exact) mass is 270 g/mol. The van der Waals surface area contributed by atoms with Crippen molar-refractivity contribution in [3.8, 4) is 5.75 Å². The van der Waals surface area contributed by atoms with Gasteiger partial charge in [0.05, 0.1) is 13.2 Å². The molecule has 0 amide bonds. The van der Waals surface area contributed by atoms with Gasteiger partial charge in [-0.3, -0.25) is 4.98 Å². The largest absolute Gasteiger partial charge is 0.497 e. The van der Waals surface area contributed by atoms with E-state index in [1.165, 1.54) is 11.1 Å². The van der Waals surface area contributed by atoms with Crippen LogP contribution < -0.4 is 10.1 Å².